The van der Waals surface area contributed by atoms with E-state index in [2.05, 4.69) is 33.2 Å². The number of benzene rings is 2. The van der Waals surface area contributed by atoms with Gasteiger partial charge in [0, 0.05) is 14.6 Å². The van der Waals surface area contributed by atoms with E-state index >= 15 is 0 Å². The SMILES string of the molecule is CC(C)NC(=O)c1ccccc1NC(=O)c1ccc(Cl)cc1I. The van der Waals surface area contributed by atoms with Gasteiger partial charge in [0.25, 0.3) is 11.8 Å². The number of nitrogens with one attached hydrogen (secondary N) is 2. The van der Waals surface area contributed by atoms with Crippen LogP contribution in [0.4, 0.5) is 5.69 Å². The van der Waals surface area contributed by atoms with Gasteiger partial charge in [-0.05, 0) is 66.8 Å². The molecule has 2 amide bonds. The lowest BCUT2D eigenvalue weighted by Gasteiger charge is -2.13. The van der Waals surface area contributed by atoms with Crippen LogP contribution >= 0.6 is 34.2 Å². The Hall–Kier alpha value is -1.60. The number of rotatable bonds is 4. The molecule has 0 aromatic heterocycles. The molecule has 0 aliphatic rings. The molecule has 0 aliphatic heterocycles. The zero-order valence-corrected chi connectivity index (χ0v) is 15.6. The molecule has 0 aliphatic carbocycles. The molecule has 4 nitrogen and oxygen atoms in total. The Bertz CT molecular complexity index is 747. The average molecular weight is 443 g/mol. The van der Waals surface area contributed by atoms with Crippen molar-refractivity contribution >= 4 is 51.7 Å². The third-order valence-corrected chi connectivity index (χ3v) is 4.14. The molecule has 6 heteroatoms. The van der Waals surface area contributed by atoms with E-state index < -0.39 is 0 Å². The van der Waals surface area contributed by atoms with Gasteiger partial charge in [0.15, 0.2) is 0 Å². The topological polar surface area (TPSA) is 58.2 Å². The van der Waals surface area contributed by atoms with Crippen molar-refractivity contribution in [3.8, 4) is 0 Å². The van der Waals surface area contributed by atoms with Gasteiger partial charge in [-0.25, -0.2) is 0 Å². The largest absolute Gasteiger partial charge is 0.350 e. The molecule has 0 bridgehead atoms. The fourth-order valence-corrected chi connectivity index (χ4v) is 3.11. The molecule has 23 heavy (non-hydrogen) atoms. The summed E-state index contributed by atoms with van der Waals surface area (Å²) in [5.41, 5.74) is 1.41. The molecule has 2 aromatic rings. The van der Waals surface area contributed by atoms with E-state index in [1.165, 1.54) is 0 Å². The van der Waals surface area contributed by atoms with E-state index in [1.54, 1.807) is 42.5 Å². The molecular formula is C17H16ClIN2O2. The van der Waals surface area contributed by atoms with Crippen LogP contribution < -0.4 is 10.6 Å². The van der Waals surface area contributed by atoms with Crippen LogP contribution in [0.3, 0.4) is 0 Å². The van der Waals surface area contributed by atoms with Gasteiger partial charge in [0.1, 0.15) is 0 Å². The molecule has 0 saturated carbocycles. The summed E-state index contributed by atoms with van der Waals surface area (Å²) in [5.74, 6) is -0.502. The van der Waals surface area contributed by atoms with Crippen molar-refractivity contribution in [1.82, 2.24) is 5.32 Å². The lowest BCUT2D eigenvalue weighted by molar-refractivity contribution is 0.0944. The van der Waals surface area contributed by atoms with Crippen molar-refractivity contribution in [2.75, 3.05) is 5.32 Å². The molecule has 0 fully saturated rings. The second kappa shape index (κ2) is 7.79. The fourth-order valence-electron chi connectivity index (χ4n) is 1.99. The molecule has 2 N–H and O–H groups in total. The second-order valence-corrected chi connectivity index (χ2v) is 6.85. The monoisotopic (exact) mass is 442 g/mol. The Kier molecular flexibility index (Phi) is 6.01. The van der Waals surface area contributed by atoms with Crippen LogP contribution in [0, 0.1) is 3.57 Å². The maximum Gasteiger partial charge on any atom is 0.256 e. The maximum atomic E-state index is 12.5. The van der Waals surface area contributed by atoms with Gasteiger partial charge >= 0.3 is 0 Å². The van der Waals surface area contributed by atoms with Crippen LogP contribution in [0.2, 0.25) is 5.02 Å². The molecule has 120 valence electrons. The van der Waals surface area contributed by atoms with E-state index in [4.69, 9.17) is 11.6 Å². The predicted octanol–water partition coefficient (Wildman–Crippen LogP) is 4.34. The third kappa shape index (κ3) is 4.68. The molecule has 0 saturated heterocycles. The minimum Gasteiger partial charge on any atom is -0.350 e. The summed E-state index contributed by atoms with van der Waals surface area (Å²) in [4.78, 5) is 24.7. The van der Waals surface area contributed by atoms with Gasteiger partial charge in [-0.1, -0.05) is 23.7 Å². The normalized spacial score (nSPS) is 10.5. The Morgan fingerprint density at radius 2 is 1.74 bits per heavy atom. The van der Waals surface area contributed by atoms with Crippen LogP contribution in [0.25, 0.3) is 0 Å². The summed E-state index contributed by atoms with van der Waals surface area (Å²) >= 11 is 7.97. The quantitative estimate of drug-likeness (QED) is 0.692. The Morgan fingerprint density at radius 3 is 2.39 bits per heavy atom. The van der Waals surface area contributed by atoms with Gasteiger partial charge in [0.2, 0.25) is 0 Å². The van der Waals surface area contributed by atoms with Gasteiger partial charge in [-0.3, -0.25) is 9.59 Å². The number of carbonyl (C=O) groups is 2. The minimum atomic E-state index is -0.282. The van der Waals surface area contributed by atoms with Gasteiger partial charge in [0.05, 0.1) is 16.8 Å². The summed E-state index contributed by atoms with van der Waals surface area (Å²) < 4.78 is 0.747. The van der Waals surface area contributed by atoms with Crippen LogP contribution in [-0.2, 0) is 0 Å². The first-order chi connectivity index (χ1) is 10.9. The van der Waals surface area contributed by atoms with E-state index in [0.29, 0.717) is 21.8 Å². The standard InChI is InChI=1S/C17H16ClIN2O2/c1-10(2)20-17(23)13-5-3-4-6-15(13)21-16(22)12-8-7-11(18)9-14(12)19/h3-10H,1-2H3,(H,20,23)(H,21,22). The zero-order valence-electron chi connectivity index (χ0n) is 12.7. The number of halogens is 2. The summed E-state index contributed by atoms with van der Waals surface area (Å²) in [6, 6.07) is 12.0. The van der Waals surface area contributed by atoms with Crippen LogP contribution in [0.1, 0.15) is 34.6 Å². The highest BCUT2D eigenvalue weighted by Gasteiger charge is 2.16. The van der Waals surface area contributed by atoms with E-state index in [9.17, 15) is 9.59 Å². The second-order valence-electron chi connectivity index (χ2n) is 5.25. The lowest BCUT2D eigenvalue weighted by atomic mass is 10.1. The highest BCUT2D eigenvalue weighted by atomic mass is 127. The number of hydrogen-bond acceptors (Lipinski definition) is 2. The van der Waals surface area contributed by atoms with Crippen LogP contribution in [0.15, 0.2) is 42.5 Å². The van der Waals surface area contributed by atoms with Crippen molar-refractivity contribution in [2.24, 2.45) is 0 Å². The summed E-state index contributed by atoms with van der Waals surface area (Å²) in [7, 11) is 0. The summed E-state index contributed by atoms with van der Waals surface area (Å²) in [6.07, 6.45) is 0. The highest BCUT2D eigenvalue weighted by Crippen LogP contribution is 2.21. The van der Waals surface area contributed by atoms with E-state index in [-0.39, 0.29) is 17.9 Å². The number of para-hydroxylation sites is 1. The van der Waals surface area contributed by atoms with Crippen LogP contribution in [-0.4, -0.2) is 17.9 Å². The van der Waals surface area contributed by atoms with Gasteiger partial charge in [-0.2, -0.15) is 0 Å². The number of hydrogen-bond donors (Lipinski definition) is 2. The van der Waals surface area contributed by atoms with Crippen molar-refractivity contribution < 1.29 is 9.59 Å². The Balaban J connectivity index is 2.26. The molecular weight excluding hydrogens is 427 g/mol. The first-order valence-corrected chi connectivity index (χ1v) is 8.50. The molecule has 0 atom stereocenters. The molecule has 0 radical (unpaired) electrons. The van der Waals surface area contributed by atoms with Gasteiger partial charge < -0.3 is 10.6 Å². The minimum absolute atomic E-state index is 0.0171. The average Bonchev–Trinajstić information content (AvgIpc) is 2.46. The first kappa shape index (κ1) is 17.7. The fraction of sp³-hybridized carbons (Fsp3) is 0.176. The number of amides is 2. The predicted molar refractivity (Wildman–Crippen MR) is 101 cm³/mol. The lowest BCUT2D eigenvalue weighted by Crippen LogP contribution is -2.31. The van der Waals surface area contributed by atoms with Gasteiger partial charge in [-0.15, -0.1) is 0 Å². The smallest absolute Gasteiger partial charge is 0.256 e. The highest BCUT2D eigenvalue weighted by molar-refractivity contribution is 14.1. The first-order valence-electron chi connectivity index (χ1n) is 7.04. The van der Waals surface area contributed by atoms with Crippen molar-refractivity contribution in [1.29, 1.82) is 0 Å². The summed E-state index contributed by atoms with van der Waals surface area (Å²) in [6.45, 7) is 3.77. The van der Waals surface area contributed by atoms with Crippen molar-refractivity contribution in [2.45, 2.75) is 19.9 Å². The summed E-state index contributed by atoms with van der Waals surface area (Å²) in [5, 5.41) is 6.19. The Morgan fingerprint density at radius 1 is 1.04 bits per heavy atom. The zero-order chi connectivity index (χ0) is 17.0. The number of anilines is 1. The molecule has 0 heterocycles. The molecule has 2 aromatic carbocycles. The van der Waals surface area contributed by atoms with Crippen LogP contribution in [0.5, 0.6) is 0 Å². The van der Waals surface area contributed by atoms with E-state index in [0.717, 1.165) is 3.57 Å². The molecule has 0 spiro atoms. The van der Waals surface area contributed by atoms with E-state index in [1.807, 2.05) is 13.8 Å². The molecule has 2 rings (SSSR count). The van der Waals surface area contributed by atoms with Crippen molar-refractivity contribution in [3.05, 3.63) is 62.2 Å². The Labute approximate surface area is 153 Å². The number of carbonyl (C=O) groups excluding carboxylic acids is 2. The molecule has 0 unspecified atom stereocenters. The third-order valence-electron chi connectivity index (χ3n) is 3.02. The van der Waals surface area contributed by atoms with Crippen molar-refractivity contribution in [3.63, 3.8) is 0 Å². The maximum absolute atomic E-state index is 12.5.